The fraction of sp³-hybridized carbons (Fsp3) is 0.560. The van der Waals surface area contributed by atoms with Gasteiger partial charge in [-0.05, 0) is 64.5 Å². The van der Waals surface area contributed by atoms with Crippen LogP contribution in [0.5, 0.6) is 0 Å². The molecule has 1 N–H and O–H groups in total. The van der Waals surface area contributed by atoms with Gasteiger partial charge in [0.05, 0.1) is 18.4 Å². The normalized spacial score (nSPS) is 30.7. The fourth-order valence-electron chi connectivity index (χ4n) is 5.33. The fourth-order valence-corrected chi connectivity index (χ4v) is 5.33. The molecule has 2 fully saturated rings. The smallest absolute Gasteiger partial charge is 0.245 e. The molecule has 4 aliphatic rings. The molecule has 6 heteroatoms. The van der Waals surface area contributed by atoms with Gasteiger partial charge in [0.2, 0.25) is 17.7 Å². The topological polar surface area (TPSA) is 69.7 Å². The molecule has 1 aromatic carbocycles. The molecule has 1 saturated heterocycles. The molecular formula is C25H33N3O3. The third-order valence-corrected chi connectivity index (χ3v) is 6.80. The lowest BCUT2D eigenvalue weighted by Crippen LogP contribution is -2.64. The van der Waals surface area contributed by atoms with Crippen molar-refractivity contribution >= 4 is 23.4 Å². The van der Waals surface area contributed by atoms with E-state index in [0.717, 1.165) is 18.4 Å². The van der Waals surface area contributed by atoms with E-state index >= 15 is 0 Å². The number of rotatable bonds is 2. The van der Waals surface area contributed by atoms with E-state index in [2.05, 4.69) is 17.5 Å². The number of fused-ring (bicyclic) bond motifs is 1. The molecule has 0 aromatic heterocycles. The SMILES string of the molecule is Cc1ccc(N2C(=O)C3C4C=CC(CC4)C3C(=O)N(C)CC2C(=O)NC(C)(C)C)cc1. The molecule has 6 nitrogen and oxygen atoms in total. The number of hydrogen-bond acceptors (Lipinski definition) is 3. The van der Waals surface area contributed by atoms with Crippen molar-refractivity contribution in [2.45, 2.75) is 52.1 Å². The maximum atomic E-state index is 14.1. The monoisotopic (exact) mass is 423 g/mol. The number of benzene rings is 1. The lowest BCUT2D eigenvalue weighted by Gasteiger charge is -2.49. The van der Waals surface area contributed by atoms with E-state index in [1.807, 2.05) is 52.0 Å². The predicted octanol–water partition coefficient (Wildman–Crippen LogP) is 2.91. The van der Waals surface area contributed by atoms with Gasteiger partial charge in [0.15, 0.2) is 0 Å². The van der Waals surface area contributed by atoms with Gasteiger partial charge in [-0.15, -0.1) is 0 Å². The number of aryl methyl sites for hydroxylation is 1. The zero-order valence-electron chi connectivity index (χ0n) is 19.1. The number of allylic oxidation sites excluding steroid dienone is 2. The molecule has 0 spiro atoms. The average Bonchev–Trinajstić information content (AvgIpc) is 2.72. The maximum Gasteiger partial charge on any atom is 0.245 e. The predicted molar refractivity (Wildman–Crippen MR) is 120 cm³/mol. The van der Waals surface area contributed by atoms with Crippen molar-refractivity contribution in [1.82, 2.24) is 10.2 Å². The Kier molecular flexibility index (Phi) is 5.44. The van der Waals surface area contributed by atoms with Crippen LogP contribution in [-0.2, 0) is 14.4 Å². The second kappa shape index (κ2) is 7.81. The number of carbonyl (C=O) groups excluding carboxylic acids is 3. The number of amides is 3. The summed E-state index contributed by atoms with van der Waals surface area (Å²) < 4.78 is 0. The van der Waals surface area contributed by atoms with Gasteiger partial charge in [0.1, 0.15) is 6.04 Å². The van der Waals surface area contributed by atoms with Crippen molar-refractivity contribution in [3.63, 3.8) is 0 Å². The summed E-state index contributed by atoms with van der Waals surface area (Å²) in [5.74, 6) is -1.01. The summed E-state index contributed by atoms with van der Waals surface area (Å²) in [7, 11) is 1.76. The van der Waals surface area contributed by atoms with Crippen LogP contribution in [0, 0.1) is 30.6 Å². The zero-order chi connectivity index (χ0) is 22.5. The minimum Gasteiger partial charge on any atom is -0.350 e. The minimum absolute atomic E-state index is 0.0190. The molecule has 5 atom stereocenters. The number of nitrogens with one attached hydrogen (secondary N) is 1. The molecule has 5 unspecified atom stereocenters. The Morgan fingerprint density at radius 3 is 2.03 bits per heavy atom. The van der Waals surface area contributed by atoms with Gasteiger partial charge in [0, 0.05) is 18.3 Å². The molecule has 31 heavy (non-hydrogen) atoms. The Labute approximate surface area is 184 Å². The van der Waals surface area contributed by atoms with E-state index < -0.39 is 17.5 Å². The van der Waals surface area contributed by atoms with E-state index in [4.69, 9.17) is 0 Å². The van der Waals surface area contributed by atoms with Gasteiger partial charge in [-0.2, -0.15) is 0 Å². The van der Waals surface area contributed by atoms with Crippen LogP contribution in [-0.4, -0.2) is 47.8 Å². The highest BCUT2D eigenvalue weighted by Gasteiger charge is 2.53. The molecule has 166 valence electrons. The van der Waals surface area contributed by atoms with E-state index in [9.17, 15) is 14.4 Å². The first-order valence-corrected chi connectivity index (χ1v) is 11.2. The number of anilines is 1. The quantitative estimate of drug-likeness (QED) is 0.744. The van der Waals surface area contributed by atoms with Gasteiger partial charge in [-0.3, -0.25) is 19.3 Å². The van der Waals surface area contributed by atoms with Crippen molar-refractivity contribution in [2.75, 3.05) is 18.5 Å². The van der Waals surface area contributed by atoms with Gasteiger partial charge < -0.3 is 10.2 Å². The zero-order valence-corrected chi connectivity index (χ0v) is 19.1. The Hall–Kier alpha value is -2.63. The Morgan fingerprint density at radius 1 is 0.968 bits per heavy atom. The highest BCUT2D eigenvalue weighted by Crippen LogP contribution is 2.47. The third-order valence-electron chi connectivity index (χ3n) is 6.80. The standard InChI is InChI=1S/C25H33N3O3/c1-15-6-12-18(13-7-15)28-19(22(29)26-25(2,3)4)14-27(5)23(30)20-16-8-10-17(11-9-16)21(20)24(28)31/h6-8,10,12-13,16-17,19-21H,9,11,14H2,1-5H3,(H,26,29). The summed E-state index contributed by atoms with van der Waals surface area (Å²) in [6, 6.07) is 6.94. The van der Waals surface area contributed by atoms with Crippen LogP contribution in [0.3, 0.4) is 0 Å². The van der Waals surface area contributed by atoms with Crippen molar-refractivity contribution in [2.24, 2.45) is 23.7 Å². The van der Waals surface area contributed by atoms with Crippen LogP contribution in [0.1, 0.15) is 39.2 Å². The lowest BCUT2D eigenvalue weighted by atomic mass is 9.61. The second-order valence-electron chi connectivity index (χ2n) is 10.4. The molecule has 1 heterocycles. The van der Waals surface area contributed by atoms with Crippen molar-refractivity contribution in [3.8, 4) is 0 Å². The third kappa shape index (κ3) is 4.00. The summed E-state index contributed by atoms with van der Waals surface area (Å²) in [6.45, 7) is 7.92. The molecule has 0 radical (unpaired) electrons. The Bertz CT molecular complexity index is 915. The van der Waals surface area contributed by atoms with Gasteiger partial charge in [-0.25, -0.2) is 0 Å². The lowest BCUT2D eigenvalue weighted by molar-refractivity contribution is -0.149. The molecular weight excluding hydrogens is 390 g/mol. The van der Waals surface area contributed by atoms with Crippen molar-refractivity contribution in [1.29, 1.82) is 0 Å². The second-order valence-corrected chi connectivity index (χ2v) is 10.4. The molecule has 2 bridgehead atoms. The number of nitrogens with zero attached hydrogens (tertiary/aromatic N) is 2. The van der Waals surface area contributed by atoms with Crippen molar-refractivity contribution < 1.29 is 14.4 Å². The number of hydrogen-bond donors (Lipinski definition) is 1. The largest absolute Gasteiger partial charge is 0.350 e. The summed E-state index contributed by atoms with van der Waals surface area (Å²) in [6.07, 6.45) is 6.08. The minimum atomic E-state index is -0.784. The molecule has 1 aromatic rings. The van der Waals surface area contributed by atoms with Crippen LogP contribution in [0.2, 0.25) is 0 Å². The summed E-state index contributed by atoms with van der Waals surface area (Å²) in [5, 5.41) is 3.03. The number of likely N-dealkylation sites (N-methyl/N-ethyl adjacent to an activating group) is 1. The average molecular weight is 424 g/mol. The highest BCUT2D eigenvalue weighted by molar-refractivity contribution is 6.05. The first kappa shape index (κ1) is 21.6. The molecule has 1 aliphatic heterocycles. The van der Waals surface area contributed by atoms with Gasteiger partial charge >= 0.3 is 0 Å². The first-order valence-electron chi connectivity index (χ1n) is 11.2. The Balaban J connectivity index is 1.81. The van der Waals surface area contributed by atoms with E-state index in [0.29, 0.717) is 5.69 Å². The van der Waals surface area contributed by atoms with E-state index in [1.54, 1.807) is 16.8 Å². The molecule has 1 saturated carbocycles. The highest BCUT2D eigenvalue weighted by atomic mass is 16.2. The summed E-state index contributed by atoms with van der Waals surface area (Å²) in [4.78, 5) is 44.2. The van der Waals surface area contributed by atoms with E-state index in [1.165, 1.54) is 0 Å². The van der Waals surface area contributed by atoms with Gasteiger partial charge in [0.25, 0.3) is 0 Å². The first-order chi connectivity index (χ1) is 14.6. The van der Waals surface area contributed by atoms with Crippen LogP contribution in [0.15, 0.2) is 36.4 Å². The van der Waals surface area contributed by atoms with Crippen LogP contribution < -0.4 is 10.2 Å². The number of carbonyl (C=O) groups is 3. The summed E-state index contributed by atoms with van der Waals surface area (Å²) >= 11 is 0. The maximum absolute atomic E-state index is 14.1. The summed E-state index contributed by atoms with van der Waals surface area (Å²) in [5.41, 5.74) is 1.35. The Morgan fingerprint density at radius 2 is 1.52 bits per heavy atom. The van der Waals surface area contributed by atoms with E-state index in [-0.39, 0.29) is 42.0 Å². The van der Waals surface area contributed by atoms with Crippen LogP contribution in [0.25, 0.3) is 0 Å². The molecule has 5 rings (SSSR count). The molecule has 3 amide bonds. The van der Waals surface area contributed by atoms with Crippen molar-refractivity contribution in [3.05, 3.63) is 42.0 Å². The van der Waals surface area contributed by atoms with Crippen LogP contribution >= 0.6 is 0 Å². The van der Waals surface area contributed by atoms with Crippen LogP contribution in [0.4, 0.5) is 5.69 Å². The van der Waals surface area contributed by atoms with Gasteiger partial charge in [-0.1, -0.05) is 29.8 Å². The molecule has 3 aliphatic carbocycles.